The molecule has 0 aliphatic heterocycles. The zero-order valence-electron chi connectivity index (χ0n) is 7.11. The molecule has 0 unspecified atom stereocenters. The van der Waals surface area contributed by atoms with Gasteiger partial charge in [0.1, 0.15) is 5.82 Å². The van der Waals surface area contributed by atoms with Crippen LogP contribution in [0.5, 0.6) is 5.75 Å². The average Bonchev–Trinajstić information content (AvgIpc) is 2.09. The molecule has 0 N–H and O–H groups in total. The number of benzene rings is 1. The highest BCUT2D eigenvalue weighted by atomic mass is 19.2. The SMILES string of the molecule is CCCOc1cc(F)cc(F)c1F. The Bertz CT molecular complexity index is 299. The van der Waals surface area contributed by atoms with Gasteiger partial charge >= 0.3 is 0 Å². The molecular weight excluding hydrogens is 181 g/mol. The van der Waals surface area contributed by atoms with E-state index in [9.17, 15) is 13.2 Å². The first kappa shape index (κ1) is 9.89. The summed E-state index contributed by atoms with van der Waals surface area (Å²) in [6.07, 6.45) is 0.650. The maximum atomic E-state index is 12.8. The summed E-state index contributed by atoms with van der Waals surface area (Å²) < 4.78 is 42.8. The molecule has 1 aromatic carbocycles. The Labute approximate surface area is 74.1 Å². The lowest BCUT2D eigenvalue weighted by atomic mass is 10.3. The van der Waals surface area contributed by atoms with E-state index in [-0.39, 0.29) is 12.4 Å². The van der Waals surface area contributed by atoms with Gasteiger partial charge < -0.3 is 4.74 Å². The van der Waals surface area contributed by atoms with E-state index in [0.29, 0.717) is 12.5 Å². The van der Waals surface area contributed by atoms with Crippen molar-refractivity contribution in [1.29, 1.82) is 0 Å². The van der Waals surface area contributed by atoms with Crippen molar-refractivity contribution in [2.24, 2.45) is 0 Å². The molecule has 72 valence electrons. The summed E-state index contributed by atoms with van der Waals surface area (Å²) >= 11 is 0. The largest absolute Gasteiger partial charge is 0.490 e. The highest BCUT2D eigenvalue weighted by Gasteiger charge is 2.11. The Hall–Kier alpha value is -1.19. The smallest absolute Gasteiger partial charge is 0.200 e. The van der Waals surface area contributed by atoms with Gasteiger partial charge in [-0.3, -0.25) is 0 Å². The van der Waals surface area contributed by atoms with Crippen LogP contribution in [0.4, 0.5) is 13.2 Å². The summed E-state index contributed by atoms with van der Waals surface area (Å²) in [5, 5.41) is 0. The van der Waals surface area contributed by atoms with Crippen LogP contribution < -0.4 is 4.74 Å². The second-order valence-corrected chi connectivity index (χ2v) is 2.55. The van der Waals surface area contributed by atoms with Gasteiger partial charge in [0.2, 0.25) is 5.82 Å². The van der Waals surface area contributed by atoms with Gasteiger partial charge in [0, 0.05) is 12.1 Å². The van der Waals surface area contributed by atoms with E-state index < -0.39 is 17.5 Å². The lowest BCUT2D eigenvalue weighted by molar-refractivity contribution is 0.293. The monoisotopic (exact) mass is 190 g/mol. The first-order valence-corrected chi connectivity index (χ1v) is 3.92. The van der Waals surface area contributed by atoms with Crippen LogP contribution in [0.2, 0.25) is 0 Å². The third-order valence-corrected chi connectivity index (χ3v) is 1.42. The molecule has 0 bridgehead atoms. The van der Waals surface area contributed by atoms with Gasteiger partial charge in [-0.2, -0.15) is 4.39 Å². The highest BCUT2D eigenvalue weighted by molar-refractivity contribution is 5.26. The molecule has 0 saturated heterocycles. The van der Waals surface area contributed by atoms with Gasteiger partial charge in [-0.1, -0.05) is 6.92 Å². The molecule has 0 saturated carbocycles. The van der Waals surface area contributed by atoms with Gasteiger partial charge in [0.15, 0.2) is 11.6 Å². The zero-order chi connectivity index (χ0) is 9.84. The van der Waals surface area contributed by atoms with Crippen molar-refractivity contribution < 1.29 is 17.9 Å². The number of hydrogen-bond donors (Lipinski definition) is 0. The molecule has 0 heterocycles. The third-order valence-electron chi connectivity index (χ3n) is 1.42. The molecule has 13 heavy (non-hydrogen) atoms. The molecule has 0 fully saturated rings. The molecule has 0 aliphatic carbocycles. The lowest BCUT2D eigenvalue weighted by Gasteiger charge is -2.05. The molecule has 0 amide bonds. The minimum atomic E-state index is -1.23. The molecule has 0 aromatic heterocycles. The van der Waals surface area contributed by atoms with Crippen molar-refractivity contribution in [2.75, 3.05) is 6.61 Å². The quantitative estimate of drug-likeness (QED) is 0.666. The standard InChI is InChI=1S/C9H9F3O/c1-2-3-13-8-5-6(10)4-7(11)9(8)12/h4-5H,2-3H2,1H3. The molecule has 0 atom stereocenters. The fourth-order valence-corrected chi connectivity index (χ4v) is 0.849. The van der Waals surface area contributed by atoms with E-state index in [2.05, 4.69) is 0 Å². The van der Waals surface area contributed by atoms with Gasteiger partial charge in [-0.15, -0.1) is 0 Å². The fourth-order valence-electron chi connectivity index (χ4n) is 0.849. The molecule has 0 spiro atoms. The van der Waals surface area contributed by atoms with Gasteiger partial charge in [-0.05, 0) is 6.42 Å². The summed E-state index contributed by atoms with van der Waals surface area (Å²) in [6.45, 7) is 2.05. The van der Waals surface area contributed by atoms with E-state index in [1.54, 1.807) is 0 Å². The summed E-state index contributed by atoms with van der Waals surface area (Å²) in [7, 11) is 0. The molecule has 4 heteroatoms. The molecule has 1 rings (SSSR count). The first-order chi connectivity index (χ1) is 6.15. The Morgan fingerprint density at radius 1 is 1.23 bits per heavy atom. The van der Waals surface area contributed by atoms with Crippen LogP contribution >= 0.6 is 0 Å². The third kappa shape index (κ3) is 2.37. The summed E-state index contributed by atoms with van der Waals surface area (Å²) in [6, 6.07) is 1.31. The number of halogens is 3. The van der Waals surface area contributed by atoms with Crippen molar-refractivity contribution in [3.05, 3.63) is 29.6 Å². The number of ether oxygens (including phenoxy) is 1. The maximum absolute atomic E-state index is 12.8. The summed E-state index contributed by atoms with van der Waals surface area (Å²) in [5.41, 5.74) is 0. The van der Waals surface area contributed by atoms with Crippen LogP contribution in [0.3, 0.4) is 0 Å². The van der Waals surface area contributed by atoms with E-state index >= 15 is 0 Å². The molecular formula is C9H9F3O. The van der Waals surface area contributed by atoms with Gasteiger partial charge in [-0.25, -0.2) is 8.78 Å². The van der Waals surface area contributed by atoms with Crippen LogP contribution in [0.25, 0.3) is 0 Å². The average molecular weight is 190 g/mol. The Balaban J connectivity index is 2.92. The van der Waals surface area contributed by atoms with Crippen LogP contribution in [0.15, 0.2) is 12.1 Å². The van der Waals surface area contributed by atoms with E-state index in [4.69, 9.17) is 4.74 Å². The van der Waals surface area contributed by atoms with Crippen molar-refractivity contribution in [3.63, 3.8) is 0 Å². The second kappa shape index (κ2) is 4.16. The van der Waals surface area contributed by atoms with Gasteiger partial charge in [0.25, 0.3) is 0 Å². The van der Waals surface area contributed by atoms with Crippen molar-refractivity contribution in [1.82, 2.24) is 0 Å². The lowest BCUT2D eigenvalue weighted by Crippen LogP contribution is -2.00. The maximum Gasteiger partial charge on any atom is 0.200 e. The molecule has 0 aliphatic rings. The predicted molar refractivity (Wildman–Crippen MR) is 42.1 cm³/mol. The summed E-state index contributed by atoms with van der Waals surface area (Å²) in [4.78, 5) is 0. The van der Waals surface area contributed by atoms with Crippen molar-refractivity contribution in [3.8, 4) is 5.75 Å². The summed E-state index contributed by atoms with van der Waals surface area (Å²) in [5.74, 6) is -3.59. The number of rotatable bonds is 3. The van der Waals surface area contributed by atoms with Crippen LogP contribution in [-0.4, -0.2) is 6.61 Å². The topological polar surface area (TPSA) is 9.23 Å². The predicted octanol–water partition coefficient (Wildman–Crippen LogP) is 2.89. The van der Waals surface area contributed by atoms with Crippen LogP contribution in [0.1, 0.15) is 13.3 Å². The fraction of sp³-hybridized carbons (Fsp3) is 0.333. The Morgan fingerprint density at radius 2 is 1.92 bits per heavy atom. The van der Waals surface area contributed by atoms with Crippen molar-refractivity contribution in [2.45, 2.75) is 13.3 Å². The van der Waals surface area contributed by atoms with Crippen LogP contribution in [0, 0.1) is 17.5 Å². The van der Waals surface area contributed by atoms with E-state index in [1.165, 1.54) is 0 Å². The zero-order valence-corrected chi connectivity index (χ0v) is 7.11. The molecule has 1 nitrogen and oxygen atoms in total. The molecule has 1 aromatic rings. The first-order valence-electron chi connectivity index (χ1n) is 3.92. The highest BCUT2D eigenvalue weighted by Crippen LogP contribution is 2.21. The molecule has 0 radical (unpaired) electrons. The second-order valence-electron chi connectivity index (χ2n) is 2.55. The number of hydrogen-bond acceptors (Lipinski definition) is 1. The van der Waals surface area contributed by atoms with Gasteiger partial charge in [0.05, 0.1) is 6.61 Å². The van der Waals surface area contributed by atoms with E-state index in [1.807, 2.05) is 6.92 Å². The van der Waals surface area contributed by atoms with Crippen LogP contribution in [-0.2, 0) is 0 Å². The minimum absolute atomic E-state index is 0.236. The Kier molecular flexibility index (Phi) is 3.17. The normalized spacial score (nSPS) is 10.2. The Morgan fingerprint density at radius 3 is 2.54 bits per heavy atom. The van der Waals surface area contributed by atoms with E-state index in [0.717, 1.165) is 6.07 Å². The van der Waals surface area contributed by atoms with Crippen molar-refractivity contribution >= 4 is 0 Å². The minimum Gasteiger partial charge on any atom is -0.490 e.